The first-order valence-electron chi connectivity index (χ1n) is 9.93. The van der Waals surface area contributed by atoms with Gasteiger partial charge in [0.05, 0.1) is 5.69 Å². The number of benzene rings is 4. The molecule has 0 radical (unpaired) electrons. The fourth-order valence-electron chi connectivity index (χ4n) is 3.62. The van der Waals surface area contributed by atoms with Gasteiger partial charge in [0.15, 0.2) is 0 Å². The van der Waals surface area contributed by atoms with Crippen LogP contribution in [0.4, 0.5) is 5.69 Å². The Balaban J connectivity index is 1.52. The van der Waals surface area contributed by atoms with Gasteiger partial charge in [0.25, 0.3) is 5.91 Å². The number of nitrogens with one attached hydrogen (secondary N) is 1. The second kappa shape index (κ2) is 7.52. The first kappa shape index (κ1) is 19.3. The highest BCUT2D eigenvalue weighted by atomic mass is 35.5. The molecule has 0 aliphatic rings. The molecule has 0 saturated carbocycles. The van der Waals surface area contributed by atoms with Crippen molar-refractivity contribution < 1.29 is 4.79 Å². The van der Waals surface area contributed by atoms with E-state index in [4.69, 9.17) is 11.6 Å². The van der Waals surface area contributed by atoms with Gasteiger partial charge >= 0.3 is 0 Å². The highest BCUT2D eigenvalue weighted by molar-refractivity contribution is 6.31. The summed E-state index contributed by atoms with van der Waals surface area (Å²) in [5.74, 6) is -0.217. The molecule has 0 aliphatic heterocycles. The zero-order valence-electron chi connectivity index (χ0n) is 17.1. The number of aromatic nitrogens is 3. The fraction of sp³-hybridized carbons (Fsp3) is 0.0800. The molecular weight excluding hydrogens is 408 g/mol. The van der Waals surface area contributed by atoms with Gasteiger partial charge in [0.1, 0.15) is 11.0 Å². The maximum absolute atomic E-state index is 12.7. The molecule has 0 unspecified atom stereocenters. The van der Waals surface area contributed by atoms with E-state index in [0.717, 1.165) is 33.1 Å². The predicted molar refractivity (Wildman–Crippen MR) is 125 cm³/mol. The van der Waals surface area contributed by atoms with Crippen molar-refractivity contribution in [3.8, 4) is 5.69 Å². The second-order valence-electron chi connectivity index (χ2n) is 7.56. The molecule has 1 N–H and O–H groups in total. The average Bonchev–Trinajstić information content (AvgIpc) is 3.17. The SMILES string of the molecule is Cc1ccc(C(=O)Nc2cc3nn(-c4cccc5ccccc45)nc3cc2C)cc1Cl. The standard InChI is InChI=1S/C25H19ClN4O/c1-15-10-11-18(13-20(15)26)25(31)27-21-14-23-22(12-16(21)2)28-30(29-23)24-9-5-7-17-6-3-4-8-19(17)24/h3-14H,1-2H3,(H,27,31). The molecule has 0 aliphatic carbocycles. The lowest BCUT2D eigenvalue weighted by Crippen LogP contribution is -2.12. The monoisotopic (exact) mass is 426 g/mol. The van der Waals surface area contributed by atoms with Crippen LogP contribution in [0.1, 0.15) is 21.5 Å². The van der Waals surface area contributed by atoms with E-state index >= 15 is 0 Å². The van der Waals surface area contributed by atoms with Crippen LogP contribution in [-0.2, 0) is 0 Å². The van der Waals surface area contributed by atoms with Crippen LogP contribution in [0.25, 0.3) is 27.5 Å². The lowest BCUT2D eigenvalue weighted by Gasteiger charge is -2.09. The van der Waals surface area contributed by atoms with E-state index in [0.29, 0.717) is 21.8 Å². The third kappa shape index (κ3) is 3.53. The number of aryl methyl sites for hydroxylation is 2. The van der Waals surface area contributed by atoms with Crippen molar-refractivity contribution in [2.45, 2.75) is 13.8 Å². The number of carbonyl (C=O) groups is 1. The molecule has 0 spiro atoms. The van der Waals surface area contributed by atoms with Crippen molar-refractivity contribution >= 4 is 45.0 Å². The van der Waals surface area contributed by atoms with Gasteiger partial charge in [-0.25, -0.2) is 0 Å². The zero-order chi connectivity index (χ0) is 21.5. The van der Waals surface area contributed by atoms with Crippen LogP contribution in [-0.4, -0.2) is 20.9 Å². The Labute approximate surface area is 184 Å². The minimum Gasteiger partial charge on any atom is -0.322 e. The topological polar surface area (TPSA) is 59.8 Å². The molecule has 1 amide bonds. The van der Waals surface area contributed by atoms with Gasteiger partial charge < -0.3 is 5.32 Å². The summed E-state index contributed by atoms with van der Waals surface area (Å²) in [4.78, 5) is 14.4. The van der Waals surface area contributed by atoms with E-state index in [1.807, 2.05) is 56.3 Å². The summed E-state index contributed by atoms with van der Waals surface area (Å²) in [6, 6.07) is 23.3. The second-order valence-corrected chi connectivity index (χ2v) is 7.97. The van der Waals surface area contributed by atoms with Gasteiger partial charge in [-0.05, 0) is 60.7 Å². The summed E-state index contributed by atoms with van der Waals surface area (Å²) < 4.78 is 0. The summed E-state index contributed by atoms with van der Waals surface area (Å²) in [6.07, 6.45) is 0. The zero-order valence-corrected chi connectivity index (χ0v) is 17.8. The smallest absolute Gasteiger partial charge is 0.255 e. The summed E-state index contributed by atoms with van der Waals surface area (Å²) in [5, 5.41) is 15.1. The van der Waals surface area contributed by atoms with Crippen molar-refractivity contribution in [2.24, 2.45) is 0 Å². The largest absolute Gasteiger partial charge is 0.322 e. The Kier molecular flexibility index (Phi) is 4.68. The number of hydrogen-bond acceptors (Lipinski definition) is 3. The van der Waals surface area contributed by atoms with Crippen molar-refractivity contribution in [3.05, 3.63) is 94.5 Å². The average molecular weight is 427 g/mol. The van der Waals surface area contributed by atoms with Gasteiger partial charge in [0.2, 0.25) is 0 Å². The van der Waals surface area contributed by atoms with E-state index in [1.165, 1.54) is 0 Å². The number of halogens is 1. The fourth-order valence-corrected chi connectivity index (χ4v) is 3.80. The maximum atomic E-state index is 12.7. The minimum absolute atomic E-state index is 0.217. The number of anilines is 1. The molecule has 5 rings (SSSR count). The Morgan fingerprint density at radius 1 is 0.871 bits per heavy atom. The Bertz CT molecular complexity index is 1470. The first-order chi connectivity index (χ1) is 15.0. The third-order valence-electron chi connectivity index (χ3n) is 5.39. The molecule has 6 heteroatoms. The number of carbonyl (C=O) groups excluding carboxylic acids is 1. The van der Waals surface area contributed by atoms with Crippen LogP contribution in [0, 0.1) is 13.8 Å². The van der Waals surface area contributed by atoms with Crippen molar-refractivity contribution in [3.63, 3.8) is 0 Å². The van der Waals surface area contributed by atoms with Crippen molar-refractivity contribution in [1.29, 1.82) is 0 Å². The van der Waals surface area contributed by atoms with Crippen LogP contribution in [0.2, 0.25) is 5.02 Å². The van der Waals surface area contributed by atoms with Crippen molar-refractivity contribution in [1.82, 2.24) is 15.0 Å². The lowest BCUT2D eigenvalue weighted by atomic mass is 10.1. The van der Waals surface area contributed by atoms with Crippen LogP contribution < -0.4 is 5.32 Å². The molecule has 0 atom stereocenters. The Morgan fingerprint density at radius 2 is 1.61 bits per heavy atom. The Hall–Kier alpha value is -3.70. The highest BCUT2D eigenvalue weighted by Gasteiger charge is 2.13. The molecule has 1 aromatic heterocycles. The molecule has 5 nitrogen and oxygen atoms in total. The van der Waals surface area contributed by atoms with Gasteiger partial charge in [-0.2, -0.15) is 0 Å². The van der Waals surface area contributed by atoms with Crippen LogP contribution in [0.15, 0.2) is 72.8 Å². The van der Waals surface area contributed by atoms with Gasteiger partial charge in [-0.15, -0.1) is 15.0 Å². The van der Waals surface area contributed by atoms with Crippen LogP contribution >= 0.6 is 11.6 Å². The Morgan fingerprint density at radius 3 is 2.42 bits per heavy atom. The van der Waals surface area contributed by atoms with Crippen LogP contribution in [0.3, 0.4) is 0 Å². The minimum atomic E-state index is -0.217. The van der Waals surface area contributed by atoms with Crippen molar-refractivity contribution in [2.75, 3.05) is 5.32 Å². The quantitative estimate of drug-likeness (QED) is 0.379. The molecule has 4 aromatic carbocycles. The predicted octanol–water partition coefficient (Wildman–Crippen LogP) is 6.10. The molecule has 5 aromatic rings. The molecule has 152 valence electrons. The molecule has 0 saturated heterocycles. The van der Waals surface area contributed by atoms with Gasteiger partial charge in [-0.1, -0.05) is 54.1 Å². The molecular formula is C25H19ClN4O. The summed E-state index contributed by atoms with van der Waals surface area (Å²) in [5.41, 5.74) is 5.42. The molecule has 0 fully saturated rings. The number of fused-ring (bicyclic) bond motifs is 2. The summed E-state index contributed by atoms with van der Waals surface area (Å²) in [6.45, 7) is 3.84. The normalized spacial score (nSPS) is 11.2. The highest BCUT2D eigenvalue weighted by Crippen LogP contribution is 2.26. The van der Waals surface area contributed by atoms with Gasteiger partial charge in [-0.3, -0.25) is 4.79 Å². The van der Waals surface area contributed by atoms with E-state index in [2.05, 4.69) is 33.7 Å². The van der Waals surface area contributed by atoms with E-state index < -0.39 is 0 Å². The first-order valence-corrected chi connectivity index (χ1v) is 10.3. The summed E-state index contributed by atoms with van der Waals surface area (Å²) in [7, 11) is 0. The lowest BCUT2D eigenvalue weighted by molar-refractivity contribution is 0.102. The van der Waals surface area contributed by atoms with E-state index in [-0.39, 0.29) is 5.91 Å². The maximum Gasteiger partial charge on any atom is 0.255 e. The number of hydrogen-bond donors (Lipinski definition) is 1. The van der Waals surface area contributed by atoms with E-state index in [9.17, 15) is 4.79 Å². The molecule has 0 bridgehead atoms. The van der Waals surface area contributed by atoms with E-state index in [1.54, 1.807) is 16.9 Å². The number of rotatable bonds is 3. The number of nitrogens with zero attached hydrogens (tertiary/aromatic N) is 3. The number of amides is 1. The van der Waals surface area contributed by atoms with Gasteiger partial charge in [0, 0.05) is 21.7 Å². The molecule has 31 heavy (non-hydrogen) atoms. The van der Waals surface area contributed by atoms with Crippen LogP contribution in [0.5, 0.6) is 0 Å². The third-order valence-corrected chi connectivity index (χ3v) is 5.80. The molecule has 1 heterocycles. The summed E-state index contributed by atoms with van der Waals surface area (Å²) >= 11 is 6.17.